The average molecular weight is 264 g/mol. The number of rotatable bonds is 8. The summed E-state index contributed by atoms with van der Waals surface area (Å²) in [4.78, 5) is 11.6. The largest absolute Gasteiger partial charge is 0.496 e. The van der Waals surface area contributed by atoms with Crippen molar-refractivity contribution in [3.63, 3.8) is 0 Å². The highest BCUT2D eigenvalue weighted by Crippen LogP contribution is 2.16. The summed E-state index contributed by atoms with van der Waals surface area (Å²) in [6, 6.07) is 7.56. The van der Waals surface area contributed by atoms with E-state index >= 15 is 0 Å². The van der Waals surface area contributed by atoms with Crippen LogP contribution < -0.4 is 15.4 Å². The molecule has 0 atom stereocenters. The van der Waals surface area contributed by atoms with Crippen molar-refractivity contribution in [2.45, 2.75) is 39.2 Å². The average Bonchev–Trinajstić information content (AvgIpc) is 2.45. The van der Waals surface area contributed by atoms with Gasteiger partial charge in [-0.1, -0.05) is 44.4 Å². The SMILES string of the molecule is CCCCCCNC(=O)NCc1ccccc1OC. The lowest BCUT2D eigenvalue weighted by Crippen LogP contribution is -2.35. The highest BCUT2D eigenvalue weighted by Gasteiger charge is 2.03. The molecule has 0 bridgehead atoms. The quantitative estimate of drug-likeness (QED) is 0.709. The van der Waals surface area contributed by atoms with Gasteiger partial charge in [-0.3, -0.25) is 0 Å². The second-order valence-corrected chi connectivity index (χ2v) is 4.48. The van der Waals surface area contributed by atoms with Gasteiger partial charge in [0.25, 0.3) is 0 Å². The maximum atomic E-state index is 11.6. The van der Waals surface area contributed by atoms with Crippen LogP contribution in [0, 0.1) is 0 Å². The lowest BCUT2D eigenvalue weighted by molar-refractivity contribution is 0.240. The fourth-order valence-electron chi connectivity index (χ4n) is 1.84. The molecular weight excluding hydrogens is 240 g/mol. The molecular formula is C15H24N2O2. The molecule has 19 heavy (non-hydrogen) atoms. The fraction of sp³-hybridized carbons (Fsp3) is 0.533. The molecule has 0 radical (unpaired) electrons. The topological polar surface area (TPSA) is 50.4 Å². The third-order valence-electron chi connectivity index (χ3n) is 2.95. The first-order valence-corrected chi connectivity index (χ1v) is 6.91. The summed E-state index contributed by atoms with van der Waals surface area (Å²) in [6.45, 7) is 3.38. The molecule has 0 aromatic heterocycles. The summed E-state index contributed by atoms with van der Waals surface area (Å²) < 4.78 is 5.23. The van der Waals surface area contributed by atoms with Crippen LogP contribution in [0.3, 0.4) is 0 Å². The van der Waals surface area contributed by atoms with Gasteiger partial charge in [0, 0.05) is 18.7 Å². The summed E-state index contributed by atoms with van der Waals surface area (Å²) in [6.07, 6.45) is 4.64. The van der Waals surface area contributed by atoms with Gasteiger partial charge in [0.2, 0.25) is 0 Å². The maximum Gasteiger partial charge on any atom is 0.315 e. The van der Waals surface area contributed by atoms with Crippen LogP contribution in [0.15, 0.2) is 24.3 Å². The van der Waals surface area contributed by atoms with Gasteiger partial charge < -0.3 is 15.4 Å². The summed E-state index contributed by atoms with van der Waals surface area (Å²) in [7, 11) is 1.63. The highest BCUT2D eigenvalue weighted by atomic mass is 16.5. The lowest BCUT2D eigenvalue weighted by Gasteiger charge is -2.10. The van der Waals surface area contributed by atoms with Crippen molar-refractivity contribution in [1.29, 1.82) is 0 Å². The Kier molecular flexibility index (Phi) is 7.47. The van der Waals surface area contributed by atoms with Crippen LogP contribution in [0.25, 0.3) is 0 Å². The second-order valence-electron chi connectivity index (χ2n) is 4.48. The van der Waals surface area contributed by atoms with E-state index in [-0.39, 0.29) is 6.03 Å². The summed E-state index contributed by atoms with van der Waals surface area (Å²) in [5, 5.41) is 5.69. The van der Waals surface area contributed by atoms with Gasteiger partial charge in [0.05, 0.1) is 7.11 Å². The molecule has 106 valence electrons. The molecule has 0 unspecified atom stereocenters. The van der Waals surface area contributed by atoms with Gasteiger partial charge in [0.15, 0.2) is 0 Å². The number of nitrogens with one attached hydrogen (secondary N) is 2. The molecule has 0 spiro atoms. The summed E-state index contributed by atoms with van der Waals surface area (Å²) >= 11 is 0. The molecule has 4 nitrogen and oxygen atoms in total. The van der Waals surface area contributed by atoms with Gasteiger partial charge in [0.1, 0.15) is 5.75 Å². The van der Waals surface area contributed by atoms with E-state index in [1.165, 1.54) is 19.3 Å². The van der Waals surface area contributed by atoms with Crippen molar-refractivity contribution in [2.24, 2.45) is 0 Å². The Morgan fingerprint density at radius 1 is 1.16 bits per heavy atom. The first kappa shape index (κ1) is 15.3. The smallest absolute Gasteiger partial charge is 0.315 e. The van der Waals surface area contributed by atoms with Gasteiger partial charge in [-0.25, -0.2) is 4.79 Å². The number of carbonyl (C=O) groups is 1. The van der Waals surface area contributed by atoms with Gasteiger partial charge in [-0.05, 0) is 12.5 Å². The number of para-hydroxylation sites is 1. The van der Waals surface area contributed by atoms with Gasteiger partial charge >= 0.3 is 6.03 Å². The van der Waals surface area contributed by atoms with E-state index in [0.29, 0.717) is 6.54 Å². The van der Waals surface area contributed by atoms with E-state index in [1.54, 1.807) is 7.11 Å². The number of urea groups is 1. The monoisotopic (exact) mass is 264 g/mol. The third kappa shape index (κ3) is 6.13. The number of unbranched alkanes of at least 4 members (excludes halogenated alkanes) is 3. The molecule has 0 saturated heterocycles. The van der Waals surface area contributed by atoms with E-state index in [1.807, 2.05) is 24.3 Å². The first-order chi connectivity index (χ1) is 9.27. The molecule has 0 aliphatic carbocycles. The zero-order chi connectivity index (χ0) is 13.9. The number of benzene rings is 1. The summed E-state index contributed by atoms with van der Waals surface area (Å²) in [5.41, 5.74) is 0.978. The Balaban J connectivity index is 2.22. The van der Waals surface area contributed by atoms with E-state index in [0.717, 1.165) is 24.3 Å². The van der Waals surface area contributed by atoms with Crippen molar-refractivity contribution in [1.82, 2.24) is 10.6 Å². The third-order valence-corrected chi connectivity index (χ3v) is 2.95. The Morgan fingerprint density at radius 2 is 1.95 bits per heavy atom. The van der Waals surface area contributed by atoms with Gasteiger partial charge in [-0.2, -0.15) is 0 Å². The number of methoxy groups -OCH3 is 1. The number of ether oxygens (including phenoxy) is 1. The van der Waals surface area contributed by atoms with E-state index in [9.17, 15) is 4.79 Å². The molecule has 0 saturated carbocycles. The van der Waals surface area contributed by atoms with Crippen LogP contribution in [0.5, 0.6) is 5.75 Å². The molecule has 4 heteroatoms. The Hall–Kier alpha value is -1.71. The van der Waals surface area contributed by atoms with Gasteiger partial charge in [-0.15, -0.1) is 0 Å². The minimum absolute atomic E-state index is 0.123. The normalized spacial score (nSPS) is 10.0. The molecule has 0 aliphatic heterocycles. The second kappa shape index (κ2) is 9.25. The molecule has 0 aliphatic rings. The standard InChI is InChI=1S/C15H24N2O2/c1-3-4-5-8-11-16-15(18)17-12-13-9-6-7-10-14(13)19-2/h6-7,9-10H,3-5,8,11-12H2,1-2H3,(H2,16,17,18). The van der Waals surface area contributed by atoms with Crippen molar-refractivity contribution in [3.8, 4) is 5.75 Å². The van der Waals surface area contributed by atoms with Crippen LogP contribution in [0.2, 0.25) is 0 Å². The zero-order valence-electron chi connectivity index (χ0n) is 11.9. The van der Waals surface area contributed by atoms with Crippen LogP contribution in [0.4, 0.5) is 4.79 Å². The predicted octanol–water partition coefficient (Wildman–Crippen LogP) is 3.07. The summed E-state index contributed by atoms with van der Waals surface area (Å²) in [5.74, 6) is 0.797. The van der Waals surface area contributed by atoms with Crippen molar-refractivity contribution in [2.75, 3.05) is 13.7 Å². The van der Waals surface area contributed by atoms with Crippen LogP contribution in [-0.4, -0.2) is 19.7 Å². The molecule has 1 rings (SSSR count). The number of hydrogen-bond donors (Lipinski definition) is 2. The minimum atomic E-state index is -0.123. The van der Waals surface area contributed by atoms with Crippen LogP contribution >= 0.6 is 0 Å². The molecule has 2 N–H and O–H groups in total. The molecule has 1 aromatic carbocycles. The Morgan fingerprint density at radius 3 is 2.68 bits per heavy atom. The number of amides is 2. The predicted molar refractivity (Wildman–Crippen MR) is 77.4 cm³/mol. The van der Waals surface area contributed by atoms with E-state index < -0.39 is 0 Å². The molecule has 1 aromatic rings. The van der Waals surface area contributed by atoms with Crippen molar-refractivity contribution < 1.29 is 9.53 Å². The maximum absolute atomic E-state index is 11.6. The van der Waals surface area contributed by atoms with Crippen LogP contribution in [-0.2, 0) is 6.54 Å². The molecule has 0 fully saturated rings. The minimum Gasteiger partial charge on any atom is -0.496 e. The van der Waals surface area contributed by atoms with E-state index in [2.05, 4.69) is 17.6 Å². The van der Waals surface area contributed by atoms with Crippen molar-refractivity contribution >= 4 is 6.03 Å². The molecule has 2 amide bonds. The first-order valence-electron chi connectivity index (χ1n) is 6.91. The highest BCUT2D eigenvalue weighted by molar-refractivity contribution is 5.73. The number of carbonyl (C=O) groups excluding carboxylic acids is 1. The lowest BCUT2D eigenvalue weighted by atomic mass is 10.2. The van der Waals surface area contributed by atoms with E-state index in [4.69, 9.17) is 4.74 Å². The zero-order valence-corrected chi connectivity index (χ0v) is 11.9. The Labute approximate surface area is 115 Å². The number of hydrogen-bond acceptors (Lipinski definition) is 2. The van der Waals surface area contributed by atoms with Crippen molar-refractivity contribution in [3.05, 3.63) is 29.8 Å². The van der Waals surface area contributed by atoms with Crippen LogP contribution in [0.1, 0.15) is 38.2 Å². The fourth-order valence-corrected chi connectivity index (χ4v) is 1.84. The Bertz CT molecular complexity index is 380. The molecule has 0 heterocycles.